The van der Waals surface area contributed by atoms with E-state index in [1.807, 2.05) is 61.5 Å². The summed E-state index contributed by atoms with van der Waals surface area (Å²) in [5.41, 5.74) is 3.24. The molecule has 3 aromatic rings. The second-order valence-electron chi connectivity index (χ2n) is 5.44. The molecule has 0 fully saturated rings. The molecule has 0 aliphatic carbocycles. The fourth-order valence-corrected chi connectivity index (χ4v) is 2.27. The van der Waals surface area contributed by atoms with Crippen LogP contribution in [-0.4, -0.2) is 10.9 Å². The molecule has 4 nitrogen and oxygen atoms in total. The minimum atomic E-state index is -0.154. The van der Waals surface area contributed by atoms with E-state index in [9.17, 15) is 4.79 Å². The van der Waals surface area contributed by atoms with Crippen molar-refractivity contribution in [1.29, 1.82) is 0 Å². The number of hydrogen-bond acceptors (Lipinski definition) is 3. The van der Waals surface area contributed by atoms with Crippen molar-refractivity contribution in [2.24, 2.45) is 0 Å². The summed E-state index contributed by atoms with van der Waals surface area (Å²) >= 11 is 0. The Morgan fingerprint density at radius 1 is 1.04 bits per heavy atom. The van der Waals surface area contributed by atoms with Gasteiger partial charge >= 0.3 is 0 Å². The van der Waals surface area contributed by atoms with Crippen LogP contribution in [0.1, 0.15) is 21.6 Å². The van der Waals surface area contributed by atoms with Crippen molar-refractivity contribution in [3.8, 4) is 5.75 Å². The zero-order valence-electron chi connectivity index (χ0n) is 13.4. The number of amides is 1. The maximum atomic E-state index is 12.2. The molecule has 2 aromatic carbocycles. The topological polar surface area (TPSA) is 51.2 Å². The van der Waals surface area contributed by atoms with Gasteiger partial charge in [0.15, 0.2) is 0 Å². The van der Waals surface area contributed by atoms with Crippen LogP contribution in [0.25, 0.3) is 0 Å². The number of carbonyl (C=O) groups excluding carboxylic acids is 1. The predicted octanol–water partition coefficient (Wildman–Crippen LogP) is 4.22. The van der Waals surface area contributed by atoms with Crippen LogP contribution in [0.4, 0.5) is 5.69 Å². The van der Waals surface area contributed by atoms with Crippen molar-refractivity contribution in [3.05, 3.63) is 89.7 Å². The summed E-state index contributed by atoms with van der Waals surface area (Å²) in [6.45, 7) is 2.37. The van der Waals surface area contributed by atoms with Gasteiger partial charge in [-0.3, -0.25) is 9.78 Å². The van der Waals surface area contributed by atoms with E-state index in [4.69, 9.17) is 4.74 Å². The molecule has 0 unspecified atom stereocenters. The minimum absolute atomic E-state index is 0.154. The maximum absolute atomic E-state index is 12.2. The minimum Gasteiger partial charge on any atom is -0.489 e. The zero-order chi connectivity index (χ0) is 16.8. The number of hydrogen-bond donors (Lipinski definition) is 1. The molecule has 24 heavy (non-hydrogen) atoms. The van der Waals surface area contributed by atoms with Crippen molar-refractivity contribution < 1.29 is 9.53 Å². The highest BCUT2D eigenvalue weighted by Crippen LogP contribution is 2.18. The fourth-order valence-electron chi connectivity index (χ4n) is 2.27. The van der Waals surface area contributed by atoms with Gasteiger partial charge in [0.05, 0.1) is 0 Å². The second kappa shape index (κ2) is 7.42. The van der Waals surface area contributed by atoms with Crippen molar-refractivity contribution >= 4 is 11.6 Å². The van der Waals surface area contributed by atoms with E-state index in [1.165, 1.54) is 0 Å². The van der Waals surface area contributed by atoms with Crippen LogP contribution in [0.2, 0.25) is 0 Å². The van der Waals surface area contributed by atoms with E-state index in [-0.39, 0.29) is 5.91 Å². The second-order valence-corrected chi connectivity index (χ2v) is 5.44. The summed E-state index contributed by atoms with van der Waals surface area (Å²) in [6.07, 6.45) is 1.63. The number of pyridine rings is 1. The highest BCUT2D eigenvalue weighted by atomic mass is 16.5. The number of aryl methyl sites for hydroxylation is 1. The Kier molecular flexibility index (Phi) is 4.87. The van der Waals surface area contributed by atoms with Gasteiger partial charge in [-0.1, -0.05) is 30.3 Å². The van der Waals surface area contributed by atoms with Crippen molar-refractivity contribution in [3.63, 3.8) is 0 Å². The van der Waals surface area contributed by atoms with Crippen LogP contribution in [0, 0.1) is 6.92 Å². The highest BCUT2D eigenvalue weighted by Gasteiger charge is 2.06. The van der Waals surface area contributed by atoms with E-state index in [0.717, 1.165) is 22.7 Å². The standard InChI is InChI=1S/C20H18N2O2/c1-15-13-17(11-12-21-15)20(23)22-18-7-9-19(10-8-18)24-14-16-5-3-2-4-6-16/h2-13H,14H2,1H3,(H,22,23). The third-order valence-corrected chi connectivity index (χ3v) is 3.52. The predicted molar refractivity (Wildman–Crippen MR) is 94.1 cm³/mol. The first-order valence-electron chi connectivity index (χ1n) is 7.71. The monoisotopic (exact) mass is 318 g/mol. The van der Waals surface area contributed by atoms with Crippen LogP contribution < -0.4 is 10.1 Å². The van der Waals surface area contributed by atoms with Crippen molar-refractivity contribution in [2.75, 3.05) is 5.32 Å². The van der Waals surface area contributed by atoms with Crippen LogP contribution in [0.5, 0.6) is 5.75 Å². The molecule has 0 radical (unpaired) electrons. The van der Waals surface area contributed by atoms with Crippen LogP contribution in [-0.2, 0) is 6.61 Å². The van der Waals surface area contributed by atoms with Crippen LogP contribution in [0.3, 0.4) is 0 Å². The van der Waals surface area contributed by atoms with Gasteiger partial charge < -0.3 is 10.1 Å². The Labute approximate surface area is 141 Å². The Hall–Kier alpha value is -3.14. The average Bonchev–Trinajstić information content (AvgIpc) is 2.62. The van der Waals surface area contributed by atoms with Gasteiger partial charge in [0.25, 0.3) is 5.91 Å². The Bertz CT molecular complexity index is 815. The number of nitrogens with one attached hydrogen (secondary N) is 1. The first kappa shape index (κ1) is 15.7. The van der Waals surface area contributed by atoms with E-state index in [2.05, 4.69) is 10.3 Å². The Morgan fingerprint density at radius 3 is 2.50 bits per heavy atom. The lowest BCUT2D eigenvalue weighted by molar-refractivity contribution is 0.102. The van der Waals surface area contributed by atoms with E-state index >= 15 is 0 Å². The van der Waals surface area contributed by atoms with E-state index in [1.54, 1.807) is 18.3 Å². The number of carbonyl (C=O) groups is 1. The van der Waals surface area contributed by atoms with E-state index in [0.29, 0.717) is 12.2 Å². The molecule has 0 aliphatic heterocycles. The zero-order valence-corrected chi connectivity index (χ0v) is 13.4. The molecule has 1 aromatic heterocycles. The van der Waals surface area contributed by atoms with Gasteiger partial charge in [-0.05, 0) is 48.9 Å². The molecular formula is C20H18N2O2. The first-order valence-corrected chi connectivity index (χ1v) is 7.71. The molecule has 0 atom stereocenters. The van der Waals surface area contributed by atoms with Gasteiger partial charge in [-0.25, -0.2) is 0 Å². The Balaban J connectivity index is 1.59. The number of benzene rings is 2. The van der Waals surface area contributed by atoms with Crippen LogP contribution in [0.15, 0.2) is 72.9 Å². The molecule has 1 heterocycles. The number of nitrogens with zero attached hydrogens (tertiary/aromatic N) is 1. The molecule has 0 saturated heterocycles. The maximum Gasteiger partial charge on any atom is 0.255 e. The normalized spacial score (nSPS) is 10.2. The molecule has 120 valence electrons. The average molecular weight is 318 g/mol. The molecule has 0 saturated carbocycles. The molecule has 4 heteroatoms. The summed E-state index contributed by atoms with van der Waals surface area (Å²) in [4.78, 5) is 16.3. The van der Waals surface area contributed by atoms with Crippen LogP contribution >= 0.6 is 0 Å². The molecular weight excluding hydrogens is 300 g/mol. The highest BCUT2D eigenvalue weighted by molar-refractivity contribution is 6.04. The summed E-state index contributed by atoms with van der Waals surface area (Å²) in [5, 5.41) is 2.86. The third kappa shape index (κ3) is 4.20. The third-order valence-electron chi connectivity index (χ3n) is 3.52. The lowest BCUT2D eigenvalue weighted by Crippen LogP contribution is -2.12. The number of ether oxygens (including phenoxy) is 1. The first-order chi connectivity index (χ1) is 11.7. The molecule has 0 aliphatic rings. The molecule has 0 spiro atoms. The van der Waals surface area contributed by atoms with Gasteiger partial charge in [-0.2, -0.15) is 0 Å². The number of anilines is 1. The molecule has 0 bridgehead atoms. The SMILES string of the molecule is Cc1cc(C(=O)Nc2ccc(OCc3ccccc3)cc2)ccn1. The van der Waals surface area contributed by atoms with Crippen molar-refractivity contribution in [2.45, 2.75) is 13.5 Å². The van der Waals surface area contributed by atoms with Gasteiger partial charge in [0.2, 0.25) is 0 Å². The Morgan fingerprint density at radius 2 is 1.79 bits per heavy atom. The lowest BCUT2D eigenvalue weighted by Gasteiger charge is -2.09. The number of aromatic nitrogens is 1. The molecule has 1 N–H and O–H groups in total. The summed E-state index contributed by atoms with van der Waals surface area (Å²) in [5.74, 6) is 0.607. The molecule has 1 amide bonds. The summed E-state index contributed by atoms with van der Waals surface area (Å²) in [7, 11) is 0. The van der Waals surface area contributed by atoms with Gasteiger partial charge in [0.1, 0.15) is 12.4 Å². The number of rotatable bonds is 5. The van der Waals surface area contributed by atoms with E-state index < -0.39 is 0 Å². The largest absolute Gasteiger partial charge is 0.489 e. The quantitative estimate of drug-likeness (QED) is 0.766. The fraction of sp³-hybridized carbons (Fsp3) is 0.100. The summed E-state index contributed by atoms with van der Waals surface area (Å²) in [6, 6.07) is 20.8. The van der Waals surface area contributed by atoms with Gasteiger partial charge in [0, 0.05) is 23.1 Å². The summed E-state index contributed by atoms with van der Waals surface area (Å²) < 4.78 is 5.73. The lowest BCUT2D eigenvalue weighted by atomic mass is 10.2. The smallest absolute Gasteiger partial charge is 0.255 e. The molecule has 3 rings (SSSR count). The van der Waals surface area contributed by atoms with Crippen molar-refractivity contribution in [1.82, 2.24) is 4.98 Å². The van der Waals surface area contributed by atoms with Gasteiger partial charge in [-0.15, -0.1) is 0 Å².